The van der Waals surface area contributed by atoms with Gasteiger partial charge in [-0.15, -0.1) is 0 Å². The highest BCUT2D eigenvalue weighted by atomic mass is 35.5. The Morgan fingerprint density at radius 2 is 1.85 bits per heavy atom. The van der Waals surface area contributed by atoms with E-state index in [1.165, 1.54) is 4.57 Å². The molecular weight excluding hydrogens is 350 g/mol. The maximum absolute atomic E-state index is 12.8. The SMILES string of the molecule is CC(C)CC(=O)N(CC(C)C)C(C)c1nc2cc(Cl)ccc2c(=O)n1C. The van der Waals surface area contributed by atoms with Gasteiger partial charge < -0.3 is 4.90 Å². The minimum absolute atomic E-state index is 0.0849. The Morgan fingerprint density at radius 1 is 1.19 bits per heavy atom. The Hall–Kier alpha value is -1.88. The molecule has 0 aliphatic carbocycles. The molecule has 5 nitrogen and oxygen atoms in total. The Morgan fingerprint density at radius 3 is 2.42 bits per heavy atom. The van der Waals surface area contributed by atoms with Crippen LogP contribution in [0.15, 0.2) is 23.0 Å². The number of carbonyl (C=O) groups is 1. The maximum Gasteiger partial charge on any atom is 0.261 e. The van der Waals surface area contributed by atoms with Gasteiger partial charge in [-0.1, -0.05) is 39.3 Å². The van der Waals surface area contributed by atoms with Crippen molar-refractivity contribution in [3.8, 4) is 0 Å². The van der Waals surface area contributed by atoms with Crippen molar-refractivity contribution in [1.82, 2.24) is 14.5 Å². The van der Waals surface area contributed by atoms with Gasteiger partial charge in [0.15, 0.2) is 0 Å². The number of carbonyl (C=O) groups excluding carboxylic acids is 1. The molecule has 0 saturated heterocycles. The molecule has 0 bridgehead atoms. The number of hydrogen-bond acceptors (Lipinski definition) is 3. The van der Waals surface area contributed by atoms with Crippen LogP contribution in [0, 0.1) is 11.8 Å². The van der Waals surface area contributed by atoms with Gasteiger partial charge in [-0.25, -0.2) is 4.98 Å². The molecule has 0 radical (unpaired) electrons. The van der Waals surface area contributed by atoms with Crippen molar-refractivity contribution in [2.24, 2.45) is 18.9 Å². The fourth-order valence-electron chi connectivity index (χ4n) is 3.11. The lowest BCUT2D eigenvalue weighted by Gasteiger charge is -2.32. The number of nitrogens with zero attached hydrogens (tertiary/aromatic N) is 3. The Balaban J connectivity index is 2.53. The lowest BCUT2D eigenvalue weighted by atomic mass is 10.1. The maximum atomic E-state index is 12.8. The molecular formula is C20H28ClN3O2. The first kappa shape index (κ1) is 20.4. The van der Waals surface area contributed by atoms with Gasteiger partial charge >= 0.3 is 0 Å². The molecule has 0 fully saturated rings. The van der Waals surface area contributed by atoms with E-state index < -0.39 is 0 Å². The third-order valence-corrected chi connectivity index (χ3v) is 4.61. The summed E-state index contributed by atoms with van der Waals surface area (Å²) in [5.41, 5.74) is 0.428. The van der Waals surface area contributed by atoms with Gasteiger partial charge in [0.05, 0.1) is 16.9 Å². The summed E-state index contributed by atoms with van der Waals surface area (Å²) in [7, 11) is 1.70. The molecule has 1 aromatic carbocycles. The van der Waals surface area contributed by atoms with E-state index in [9.17, 15) is 9.59 Å². The van der Waals surface area contributed by atoms with E-state index in [1.54, 1.807) is 25.2 Å². The standard InChI is InChI=1S/C20H28ClN3O2/c1-12(2)9-18(25)24(11-13(3)4)14(5)19-22-17-10-15(21)7-8-16(17)20(26)23(19)6/h7-8,10,12-14H,9,11H2,1-6H3. The molecule has 6 heteroatoms. The van der Waals surface area contributed by atoms with Crippen LogP contribution >= 0.6 is 11.6 Å². The molecule has 2 rings (SSSR count). The van der Waals surface area contributed by atoms with Crippen molar-refractivity contribution in [2.45, 2.75) is 47.1 Å². The summed E-state index contributed by atoms with van der Waals surface area (Å²) in [6, 6.07) is 4.77. The molecule has 1 aromatic heterocycles. The minimum atomic E-state index is -0.301. The van der Waals surface area contributed by atoms with Gasteiger partial charge in [-0.05, 0) is 37.0 Å². The average molecular weight is 378 g/mol. The zero-order chi connectivity index (χ0) is 19.6. The number of amides is 1. The molecule has 0 spiro atoms. The number of halogens is 1. The molecule has 142 valence electrons. The van der Waals surface area contributed by atoms with Crippen LogP contribution in [0.3, 0.4) is 0 Å². The highest BCUT2D eigenvalue weighted by molar-refractivity contribution is 6.31. The van der Waals surface area contributed by atoms with Crippen LogP contribution in [-0.2, 0) is 11.8 Å². The van der Waals surface area contributed by atoms with E-state index in [0.717, 1.165) is 0 Å². The summed E-state index contributed by atoms with van der Waals surface area (Å²) < 4.78 is 1.54. The highest BCUT2D eigenvalue weighted by Crippen LogP contribution is 2.23. The van der Waals surface area contributed by atoms with Gasteiger partial charge in [0.2, 0.25) is 5.91 Å². The number of benzene rings is 1. The molecule has 0 saturated carbocycles. The normalized spacial score (nSPS) is 12.8. The van der Waals surface area contributed by atoms with E-state index in [-0.39, 0.29) is 23.4 Å². The molecule has 26 heavy (non-hydrogen) atoms. The van der Waals surface area contributed by atoms with Crippen molar-refractivity contribution in [1.29, 1.82) is 0 Å². The fraction of sp³-hybridized carbons (Fsp3) is 0.550. The second kappa shape index (κ2) is 8.21. The summed E-state index contributed by atoms with van der Waals surface area (Å²) in [4.78, 5) is 32.0. The summed E-state index contributed by atoms with van der Waals surface area (Å²) in [5, 5.41) is 1.06. The van der Waals surface area contributed by atoms with E-state index in [1.807, 2.05) is 25.7 Å². The Labute approximate surface area is 160 Å². The third kappa shape index (κ3) is 4.44. The largest absolute Gasteiger partial charge is 0.333 e. The zero-order valence-corrected chi connectivity index (χ0v) is 17.2. The van der Waals surface area contributed by atoms with Crippen LogP contribution in [-0.4, -0.2) is 26.9 Å². The molecule has 0 aliphatic heterocycles. The Kier molecular flexibility index (Phi) is 6.45. The molecule has 1 heterocycles. The van der Waals surface area contributed by atoms with Gasteiger partial charge in [-0.2, -0.15) is 0 Å². The lowest BCUT2D eigenvalue weighted by molar-refractivity contribution is -0.135. The fourth-order valence-corrected chi connectivity index (χ4v) is 3.28. The topological polar surface area (TPSA) is 55.2 Å². The first-order valence-electron chi connectivity index (χ1n) is 9.07. The van der Waals surface area contributed by atoms with Gasteiger partial charge in [0.25, 0.3) is 5.56 Å². The van der Waals surface area contributed by atoms with Gasteiger partial charge in [-0.3, -0.25) is 14.2 Å². The van der Waals surface area contributed by atoms with Crippen LogP contribution in [0.5, 0.6) is 0 Å². The summed E-state index contributed by atoms with van der Waals surface area (Å²) >= 11 is 6.07. The molecule has 1 amide bonds. The first-order valence-corrected chi connectivity index (χ1v) is 9.45. The van der Waals surface area contributed by atoms with E-state index in [0.29, 0.717) is 40.6 Å². The summed E-state index contributed by atoms with van der Waals surface area (Å²) in [6.45, 7) is 10.8. The smallest absolute Gasteiger partial charge is 0.261 e. The van der Waals surface area contributed by atoms with E-state index >= 15 is 0 Å². The van der Waals surface area contributed by atoms with Gasteiger partial charge in [0.1, 0.15) is 5.82 Å². The summed E-state index contributed by atoms with van der Waals surface area (Å²) in [6.07, 6.45) is 0.477. The Bertz CT molecular complexity index is 858. The quantitative estimate of drug-likeness (QED) is 0.758. The highest BCUT2D eigenvalue weighted by Gasteiger charge is 2.26. The predicted molar refractivity (Wildman–Crippen MR) is 106 cm³/mol. The summed E-state index contributed by atoms with van der Waals surface area (Å²) in [5.74, 6) is 1.25. The molecule has 1 atom stereocenters. The van der Waals surface area contributed by atoms with Crippen molar-refractivity contribution in [3.63, 3.8) is 0 Å². The van der Waals surface area contributed by atoms with Crippen molar-refractivity contribution < 1.29 is 4.79 Å². The van der Waals surface area contributed by atoms with Crippen molar-refractivity contribution >= 4 is 28.4 Å². The van der Waals surface area contributed by atoms with E-state index in [4.69, 9.17) is 11.6 Å². The van der Waals surface area contributed by atoms with Crippen molar-refractivity contribution in [3.05, 3.63) is 39.4 Å². The van der Waals surface area contributed by atoms with Gasteiger partial charge in [0, 0.05) is 25.0 Å². The molecule has 0 aliphatic rings. The molecule has 0 N–H and O–H groups in total. The second-order valence-corrected chi connectivity index (χ2v) is 8.15. The monoisotopic (exact) mass is 377 g/mol. The van der Waals surface area contributed by atoms with E-state index in [2.05, 4.69) is 18.8 Å². The third-order valence-electron chi connectivity index (χ3n) is 4.38. The predicted octanol–water partition coefficient (Wildman–Crippen LogP) is 4.18. The van der Waals surface area contributed by atoms with Crippen LogP contribution in [0.2, 0.25) is 5.02 Å². The lowest BCUT2D eigenvalue weighted by Crippen LogP contribution is -2.39. The zero-order valence-electron chi connectivity index (χ0n) is 16.4. The number of fused-ring (bicyclic) bond motifs is 1. The van der Waals surface area contributed by atoms with Crippen LogP contribution < -0.4 is 5.56 Å². The first-order chi connectivity index (χ1) is 12.1. The second-order valence-electron chi connectivity index (χ2n) is 7.71. The number of hydrogen-bond donors (Lipinski definition) is 0. The molecule has 1 unspecified atom stereocenters. The van der Waals surface area contributed by atoms with Crippen molar-refractivity contribution in [2.75, 3.05) is 6.54 Å². The number of rotatable bonds is 6. The minimum Gasteiger partial charge on any atom is -0.333 e. The molecule has 2 aromatic rings. The van der Waals surface area contributed by atoms with Crippen LogP contribution in [0.1, 0.15) is 52.9 Å². The van der Waals surface area contributed by atoms with Crippen LogP contribution in [0.4, 0.5) is 0 Å². The number of aromatic nitrogens is 2. The van der Waals surface area contributed by atoms with Crippen LogP contribution in [0.25, 0.3) is 10.9 Å². The average Bonchev–Trinajstić information content (AvgIpc) is 2.54.